The van der Waals surface area contributed by atoms with Crippen LogP contribution in [0.5, 0.6) is 0 Å². The number of rotatable bonds is 3. The van der Waals surface area contributed by atoms with Gasteiger partial charge in [0.15, 0.2) is 0 Å². The summed E-state index contributed by atoms with van der Waals surface area (Å²) in [6.45, 7) is 1.92. The zero-order valence-corrected chi connectivity index (χ0v) is 10.6. The standard InChI is InChI=1S/C11H12ClN3S/c1-7-5-15-9(6-14-7)10(13-2)11-8(12)3-4-16-11/h3-6,10,13H,1-2H3. The van der Waals surface area contributed by atoms with Crippen molar-refractivity contribution in [2.45, 2.75) is 13.0 Å². The summed E-state index contributed by atoms with van der Waals surface area (Å²) < 4.78 is 0. The van der Waals surface area contributed by atoms with Gasteiger partial charge < -0.3 is 5.32 Å². The van der Waals surface area contributed by atoms with Crippen LogP contribution in [0.15, 0.2) is 23.8 Å². The quantitative estimate of drug-likeness (QED) is 0.914. The third kappa shape index (κ3) is 2.24. The molecule has 0 aliphatic rings. The van der Waals surface area contributed by atoms with Crippen molar-refractivity contribution >= 4 is 22.9 Å². The fourth-order valence-electron chi connectivity index (χ4n) is 1.48. The number of aromatic nitrogens is 2. The van der Waals surface area contributed by atoms with Crippen LogP contribution in [0.2, 0.25) is 5.02 Å². The molecule has 0 saturated carbocycles. The highest BCUT2D eigenvalue weighted by atomic mass is 35.5. The number of thiophene rings is 1. The van der Waals surface area contributed by atoms with Gasteiger partial charge in [-0.15, -0.1) is 11.3 Å². The third-order valence-corrected chi connectivity index (χ3v) is 3.72. The zero-order valence-electron chi connectivity index (χ0n) is 9.07. The molecule has 0 saturated heterocycles. The first-order valence-electron chi connectivity index (χ1n) is 4.91. The summed E-state index contributed by atoms with van der Waals surface area (Å²) in [5.41, 5.74) is 1.80. The number of nitrogens with one attached hydrogen (secondary N) is 1. The third-order valence-electron chi connectivity index (χ3n) is 2.29. The number of hydrogen-bond donors (Lipinski definition) is 1. The average Bonchev–Trinajstić information content (AvgIpc) is 2.69. The second-order valence-electron chi connectivity index (χ2n) is 3.44. The minimum absolute atomic E-state index is 0.0144. The molecule has 0 fully saturated rings. The SMILES string of the molecule is CNC(c1cnc(C)cn1)c1sccc1Cl. The van der Waals surface area contributed by atoms with Crippen LogP contribution in [0.3, 0.4) is 0 Å². The van der Waals surface area contributed by atoms with Gasteiger partial charge in [-0.1, -0.05) is 11.6 Å². The van der Waals surface area contributed by atoms with Gasteiger partial charge in [0.1, 0.15) is 0 Å². The van der Waals surface area contributed by atoms with E-state index in [2.05, 4.69) is 15.3 Å². The first-order valence-corrected chi connectivity index (χ1v) is 6.17. The summed E-state index contributed by atoms with van der Waals surface area (Å²) >= 11 is 7.74. The Kier molecular flexibility index (Phi) is 3.53. The van der Waals surface area contributed by atoms with Gasteiger partial charge in [0, 0.05) is 11.1 Å². The predicted octanol–water partition coefficient (Wildman–Crippen LogP) is 2.81. The summed E-state index contributed by atoms with van der Waals surface area (Å²) in [5, 5.41) is 5.95. The first-order chi connectivity index (χ1) is 7.72. The Morgan fingerprint density at radius 3 is 2.69 bits per heavy atom. The van der Waals surface area contributed by atoms with Gasteiger partial charge in [0.2, 0.25) is 0 Å². The summed E-state index contributed by atoms with van der Waals surface area (Å²) in [4.78, 5) is 9.69. The normalized spacial score (nSPS) is 12.7. The number of aryl methyl sites for hydroxylation is 1. The monoisotopic (exact) mass is 253 g/mol. The lowest BCUT2D eigenvalue weighted by Gasteiger charge is -2.14. The highest BCUT2D eigenvalue weighted by Gasteiger charge is 2.17. The van der Waals surface area contributed by atoms with Gasteiger partial charge >= 0.3 is 0 Å². The van der Waals surface area contributed by atoms with Crippen molar-refractivity contribution in [3.63, 3.8) is 0 Å². The maximum Gasteiger partial charge on any atom is 0.0873 e. The fraction of sp³-hybridized carbons (Fsp3) is 0.273. The Morgan fingerprint density at radius 2 is 2.19 bits per heavy atom. The van der Waals surface area contributed by atoms with Crippen LogP contribution in [-0.4, -0.2) is 17.0 Å². The van der Waals surface area contributed by atoms with Gasteiger partial charge in [-0.2, -0.15) is 0 Å². The summed E-state index contributed by atoms with van der Waals surface area (Å²) in [6.07, 6.45) is 3.55. The van der Waals surface area contributed by atoms with E-state index < -0.39 is 0 Å². The molecular weight excluding hydrogens is 242 g/mol. The van der Waals surface area contributed by atoms with Gasteiger partial charge in [0.25, 0.3) is 0 Å². The molecule has 0 radical (unpaired) electrons. The van der Waals surface area contributed by atoms with E-state index in [1.54, 1.807) is 23.7 Å². The van der Waals surface area contributed by atoms with Gasteiger partial charge in [-0.25, -0.2) is 0 Å². The molecule has 5 heteroatoms. The zero-order chi connectivity index (χ0) is 11.5. The Hall–Kier alpha value is -0.970. The summed E-state index contributed by atoms with van der Waals surface area (Å²) in [6, 6.07) is 1.91. The molecule has 1 N–H and O–H groups in total. The van der Waals surface area contributed by atoms with E-state index in [1.807, 2.05) is 25.4 Å². The lowest BCUT2D eigenvalue weighted by atomic mass is 10.2. The minimum atomic E-state index is 0.0144. The molecule has 2 aromatic rings. The number of halogens is 1. The summed E-state index contributed by atoms with van der Waals surface area (Å²) in [7, 11) is 1.89. The molecule has 2 heterocycles. The lowest BCUT2D eigenvalue weighted by molar-refractivity contribution is 0.676. The van der Waals surface area contributed by atoms with E-state index in [4.69, 9.17) is 11.6 Å². The Morgan fingerprint density at radius 1 is 1.38 bits per heavy atom. The van der Waals surface area contributed by atoms with E-state index in [0.717, 1.165) is 21.3 Å². The first kappa shape index (κ1) is 11.5. The van der Waals surface area contributed by atoms with E-state index in [1.165, 1.54) is 0 Å². The van der Waals surface area contributed by atoms with Crippen molar-refractivity contribution in [3.8, 4) is 0 Å². The Bertz CT molecular complexity index is 466. The fourth-order valence-corrected chi connectivity index (χ4v) is 2.76. The topological polar surface area (TPSA) is 37.8 Å². The van der Waals surface area contributed by atoms with Crippen LogP contribution in [0.1, 0.15) is 22.3 Å². The van der Waals surface area contributed by atoms with Crippen molar-refractivity contribution in [1.82, 2.24) is 15.3 Å². The van der Waals surface area contributed by atoms with Crippen molar-refractivity contribution in [1.29, 1.82) is 0 Å². The molecule has 0 amide bonds. The second-order valence-corrected chi connectivity index (χ2v) is 4.79. The number of hydrogen-bond acceptors (Lipinski definition) is 4. The van der Waals surface area contributed by atoms with Crippen LogP contribution in [0.4, 0.5) is 0 Å². The lowest BCUT2D eigenvalue weighted by Crippen LogP contribution is -2.18. The number of nitrogens with zero attached hydrogens (tertiary/aromatic N) is 2. The molecule has 0 aliphatic carbocycles. The largest absolute Gasteiger partial charge is 0.307 e. The van der Waals surface area contributed by atoms with E-state index in [9.17, 15) is 0 Å². The average molecular weight is 254 g/mol. The van der Waals surface area contributed by atoms with E-state index in [0.29, 0.717) is 0 Å². The van der Waals surface area contributed by atoms with Crippen LogP contribution < -0.4 is 5.32 Å². The van der Waals surface area contributed by atoms with Crippen molar-refractivity contribution in [2.75, 3.05) is 7.05 Å². The maximum absolute atomic E-state index is 6.12. The van der Waals surface area contributed by atoms with Crippen LogP contribution >= 0.6 is 22.9 Å². The van der Waals surface area contributed by atoms with Crippen LogP contribution in [-0.2, 0) is 0 Å². The molecule has 2 rings (SSSR count). The van der Waals surface area contributed by atoms with Gasteiger partial charge in [-0.05, 0) is 25.4 Å². The van der Waals surface area contributed by atoms with Crippen LogP contribution in [0.25, 0.3) is 0 Å². The minimum Gasteiger partial charge on any atom is -0.307 e. The molecule has 0 aromatic carbocycles. The summed E-state index contributed by atoms with van der Waals surface area (Å²) in [5.74, 6) is 0. The molecule has 84 valence electrons. The molecular formula is C11H12ClN3S. The van der Waals surface area contributed by atoms with Crippen molar-refractivity contribution < 1.29 is 0 Å². The van der Waals surface area contributed by atoms with Gasteiger partial charge in [0.05, 0.1) is 28.6 Å². The Labute approximate surface area is 104 Å². The highest BCUT2D eigenvalue weighted by Crippen LogP contribution is 2.31. The van der Waals surface area contributed by atoms with E-state index >= 15 is 0 Å². The predicted molar refractivity (Wildman–Crippen MR) is 67.0 cm³/mol. The molecule has 0 spiro atoms. The smallest absolute Gasteiger partial charge is 0.0873 e. The van der Waals surface area contributed by atoms with Crippen LogP contribution in [0, 0.1) is 6.92 Å². The molecule has 1 atom stereocenters. The molecule has 2 aromatic heterocycles. The molecule has 3 nitrogen and oxygen atoms in total. The van der Waals surface area contributed by atoms with Crippen molar-refractivity contribution in [2.24, 2.45) is 0 Å². The Balaban J connectivity index is 2.37. The second kappa shape index (κ2) is 4.91. The van der Waals surface area contributed by atoms with Crippen molar-refractivity contribution in [3.05, 3.63) is 45.1 Å². The molecule has 16 heavy (non-hydrogen) atoms. The van der Waals surface area contributed by atoms with E-state index in [-0.39, 0.29) is 6.04 Å². The molecule has 0 aliphatic heterocycles. The molecule has 1 unspecified atom stereocenters. The molecule has 0 bridgehead atoms. The highest BCUT2D eigenvalue weighted by molar-refractivity contribution is 7.10. The maximum atomic E-state index is 6.12. The van der Waals surface area contributed by atoms with Gasteiger partial charge in [-0.3, -0.25) is 9.97 Å².